The minimum absolute atomic E-state index is 0.0479. The topological polar surface area (TPSA) is 116 Å². The molecule has 0 aliphatic carbocycles. The molecule has 0 bridgehead atoms. The maximum Gasteiger partial charge on any atom is 0.323 e. The van der Waals surface area contributed by atoms with Gasteiger partial charge in [-0.25, -0.2) is 8.42 Å². The zero-order chi connectivity index (χ0) is 23.2. The van der Waals surface area contributed by atoms with Crippen LogP contribution in [0.2, 0.25) is 0 Å². The number of fused-ring (bicyclic) bond motifs is 1. The van der Waals surface area contributed by atoms with Crippen molar-refractivity contribution in [2.24, 2.45) is 0 Å². The first kappa shape index (κ1) is 24.3. The number of rotatable bonds is 4. The lowest BCUT2D eigenvalue weighted by atomic mass is 10.1. The number of nitrogens with zero attached hydrogens (tertiary/aromatic N) is 2. The van der Waals surface area contributed by atoms with Crippen LogP contribution in [0.4, 0.5) is 5.69 Å². The molecule has 0 saturated heterocycles. The number of nitrogens with one attached hydrogen (secondary N) is 1. The fraction of sp³-hybridized carbons (Fsp3) is 0.333. The highest BCUT2D eigenvalue weighted by Crippen LogP contribution is 2.31. The highest BCUT2D eigenvalue weighted by molar-refractivity contribution is 7.89. The van der Waals surface area contributed by atoms with E-state index in [1.165, 1.54) is 43.2 Å². The molecule has 0 aromatic heterocycles. The van der Waals surface area contributed by atoms with Crippen molar-refractivity contribution < 1.29 is 27.9 Å². The lowest BCUT2D eigenvalue weighted by Gasteiger charge is -2.28. The zero-order valence-electron chi connectivity index (χ0n) is 17.9. The van der Waals surface area contributed by atoms with Crippen molar-refractivity contribution in [2.45, 2.75) is 24.4 Å². The summed E-state index contributed by atoms with van der Waals surface area (Å²) in [7, 11) is 1.08. The Morgan fingerprint density at radius 1 is 1.10 bits per heavy atom. The fourth-order valence-electron chi connectivity index (χ4n) is 3.18. The molecule has 2 aromatic carbocycles. The smallest absolute Gasteiger partial charge is 0.323 e. The molecule has 2 N–H and O–H groups in total. The molecule has 1 aliphatic rings. The first-order chi connectivity index (χ1) is 14.7. The van der Waals surface area contributed by atoms with Gasteiger partial charge in [-0.15, -0.1) is 0 Å². The van der Waals surface area contributed by atoms with Crippen molar-refractivity contribution in [1.29, 1.82) is 0 Å². The summed E-state index contributed by atoms with van der Waals surface area (Å²) < 4.78 is 32.5. The molecule has 0 radical (unpaired) electrons. The molecule has 168 valence electrons. The monoisotopic (exact) mass is 449 g/mol. The molecular weight excluding hydrogens is 422 g/mol. The van der Waals surface area contributed by atoms with Crippen molar-refractivity contribution in [2.75, 3.05) is 32.6 Å². The molecule has 0 spiro atoms. The standard InChI is InChI=1S/C19H20N2O6S.C2H7N/c1-13(22)20-12-18(19(23)24)21(11-14-5-3-4-6-17(14)20)28(25,26)16-9-7-15(27-2)8-10-16;1-3-2/h3-10,18H,11-12H2,1-2H3,(H,23,24);3H,1-2H3. The molecule has 9 nitrogen and oxygen atoms in total. The number of amides is 1. The highest BCUT2D eigenvalue weighted by atomic mass is 32.2. The van der Waals surface area contributed by atoms with Crippen LogP contribution < -0.4 is 15.0 Å². The van der Waals surface area contributed by atoms with Crippen LogP contribution in [0.25, 0.3) is 0 Å². The molecule has 1 aliphatic heterocycles. The van der Waals surface area contributed by atoms with Crippen LogP contribution in [0.5, 0.6) is 5.75 Å². The van der Waals surface area contributed by atoms with E-state index in [1.807, 2.05) is 14.1 Å². The van der Waals surface area contributed by atoms with Gasteiger partial charge in [0.15, 0.2) is 0 Å². The van der Waals surface area contributed by atoms with Crippen LogP contribution in [-0.4, -0.2) is 63.5 Å². The van der Waals surface area contributed by atoms with E-state index in [-0.39, 0.29) is 23.9 Å². The number of benzene rings is 2. The lowest BCUT2D eigenvalue weighted by Crippen LogP contribution is -2.49. The second kappa shape index (κ2) is 10.4. The van der Waals surface area contributed by atoms with Crippen LogP contribution >= 0.6 is 0 Å². The maximum absolute atomic E-state index is 13.3. The third kappa shape index (κ3) is 5.40. The van der Waals surface area contributed by atoms with E-state index in [0.717, 1.165) is 4.31 Å². The number of para-hydroxylation sites is 1. The fourth-order valence-corrected chi connectivity index (χ4v) is 4.74. The van der Waals surface area contributed by atoms with Crippen molar-refractivity contribution >= 4 is 27.6 Å². The number of carboxylic acids is 1. The van der Waals surface area contributed by atoms with E-state index in [2.05, 4.69) is 5.32 Å². The van der Waals surface area contributed by atoms with Crippen molar-refractivity contribution in [3.05, 3.63) is 54.1 Å². The summed E-state index contributed by atoms with van der Waals surface area (Å²) in [5.74, 6) is -1.20. The van der Waals surface area contributed by atoms with Crippen LogP contribution in [0, 0.1) is 0 Å². The molecule has 2 aromatic rings. The van der Waals surface area contributed by atoms with Crippen LogP contribution in [-0.2, 0) is 26.2 Å². The van der Waals surface area contributed by atoms with Gasteiger partial charge in [0.25, 0.3) is 0 Å². The zero-order valence-corrected chi connectivity index (χ0v) is 18.7. The number of hydrogen-bond acceptors (Lipinski definition) is 6. The van der Waals surface area contributed by atoms with E-state index in [1.54, 1.807) is 24.3 Å². The minimum atomic E-state index is -4.14. The van der Waals surface area contributed by atoms with Gasteiger partial charge in [0, 0.05) is 19.2 Å². The van der Waals surface area contributed by atoms with Crippen molar-refractivity contribution in [3.8, 4) is 5.75 Å². The summed E-state index contributed by atoms with van der Waals surface area (Å²) in [5, 5.41) is 12.5. The molecule has 0 fully saturated rings. The second-order valence-electron chi connectivity index (χ2n) is 6.84. The van der Waals surface area contributed by atoms with Crippen LogP contribution in [0.15, 0.2) is 53.4 Å². The Morgan fingerprint density at radius 3 is 2.19 bits per heavy atom. The molecule has 0 saturated carbocycles. The Bertz CT molecular complexity index is 1020. The van der Waals surface area contributed by atoms with Gasteiger partial charge in [-0.05, 0) is 50.0 Å². The first-order valence-electron chi connectivity index (χ1n) is 9.50. The SMILES string of the molecule is CNC.COc1ccc(S(=O)(=O)N2Cc3ccccc3N(C(C)=O)CC2C(=O)O)cc1. The molecular formula is C21H27N3O6S. The van der Waals surface area contributed by atoms with Gasteiger partial charge in [-0.1, -0.05) is 18.2 Å². The number of methoxy groups -OCH3 is 1. The van der Waals surface area contributed by atoms with Gasteiger partial charge in [-0.3, -0.25) is 9.59 Å². The lowest BCUT2D eigenvalue weighted by molar-refractivity contribution is -0.141. The number of carbonyl (C=O) groups excluding carboxylic acids is 1. The molecule has 31 heavy (non-hydrogen) atoms. The number of ether oxygens (including phenoxy) is 1. The average Bonchev–Trinajstić information content (AvgIpc) is 2.92. The highest BCUT2D eigenvalue weighted by Gasteiger charge is 2.41. The minimum Gasteiger partial charge on any atom is -0.497 e. The number of hydrogen-bond donors (Lipinski definition) is 2. The van der Waals surface area contributed by atoms with Gasteiger partial charge >= 0.3 is 5.97 Å². The molecule has 1 amide bonds. The quantitative estimate of drug-likeness (QED) is 0.727. The van der Waals surface area contributed by atoms with Gasteiger partial charge in [-0.2, -0.15) is 4.31 Å². The maximum atomic E-state index is 13.3. The molecule has 1 atom stereocenters. The van der Waals surface area contributed by atoms with Crippen molar-refractivity contribution in [1.82, 2.24) is 9.62 Å². The number of carboxylic acid groups (broad SMARTS) is 1. The number of aliphatic carboxylic acids is 1. The normalized spacial score (nSPS) is 16.4. The molecule has 1 unspecified atom stereocenters. The summed E-state index contributed by atoms with van der Waals surface area (Å²) >= 11 is 0. The predicted octanol–water partition coefficient (Wildman–Crippen LogP) is 1.54. The third-order valence-corrected chi connectivity index (χ3v) is 6.51. The largest absolute Gasteiger partial charge is 0.497 e. The number of sulfonamides is 1. The van der Waals surface area contributed by atoms with Crippen molar-refractivity contribution in [3.63, 3.8) is 0 Å². The van der Waals surface area contributed by atoms with E-state index in [0.29, 0.717) is 17.0 Å². The van der Waals surface area contributed by atoms with Gasteiger partial charge in [0.05, 0.1) is 18.6 Å². The summed E-state index contributed by atoms with van der Waals surface area (Å²) in [6.45, 7) is 0.881. The second-order valence-corrected chi connectivity index (χ2v) is 8.73. The molecule has 10 heteroatoms. The van der Waals surface area contributed by atoms with Gasteiger partial charge in [0.2, 0.25) is 15.9 Å². The summed E-state index contributed by atoms with van der Waals surface area (Å²) in [6, 6.07) is 11.1. The Labute approximate surface area is 182 Å². The summed E-state index contributed by atoms with van der Waals surface area (Å²) in [6.07, 6.45) is 0. The van der Waals surface area contributed by atoms with E-state index in [9.17, 15) is 23.1 Å². The average molecular weight is 450 g/mol. The van der Waals surface area contributed by atoms with Gasteiger partial charge < -0.3 is 20.1 Å². The van der Waals surface area contributed by atoms with E-state index >= 15 is 0 Å². The Kier molecular flexibility index (Phi) is 8.14. The Hall–Kier alpha value is -2.95. The Balaban J connectivity index is 0.00000107. The number of anilines is 1. The van der Waals surface area contributed by atoms with Gasteiger partial charge in [0.1, 0.15) is 11.8 Å². The number of carbonyl (C=O) groups is 2. The predicted molar refractivity (Wildman–Crippen MR) is 117 cm³/mol. The van der Waals surface area contributed by atoms with Crippen LogP contribution in [0.1, 0.15) is 12.5 Å². The van der Waals surface area contributed by atoms with E-state index < -0.39 is 22.0 Å². The molecule has 1 heterocycles. The summed E-state index contributed by atoms with van der Waals surface area (Å²) in [4.78, 5) is 25.3. The third-order valence-electron chi connectivity index (χ3n) is 4.64. The summed E-state index contributed by atoms with van der Waals surface area (Å²) in [5.41, 5.74) is 1.06. The molecule has 3 rings (SSSR count). The van der Waals surface area contributed by atoms with Crippen LogP contribution in [0.3, 0.4) is 0 Å². The van der Waals surface area contributed by atoms with E-state index in [4.69, 9.17) is 4.74 Å². The Morgan fingerprint density at radius 2 is 1.68 bits per heavy atom. The first-order valence-corrected chi connectivity index (χ1v) is 10.9.